The largest absolute Gasteiger partial charge is 0.497 e. The number of hydrogen-bond acceptors (Lipinski definition) is 3. The van der Waals surface area contributed by atoms with Crippen molar-refractivity contribution in [2.24, 2.45) is 7.05 Å². The summed E-state index contributed by atoms with van der Waals surface area (Å²) in [7, 11) is 3.79. The third-order valence-corrected chi connectivity index (χ3v) is 6.20. The molecule has 0 saturated carbocycles. The molecule has 0 spiro atoms. The highest BCUT2D eigenvalue weighted by atomic mass is 32.1. The first-order valence-electron chi connectivity index (χ1n) is 9.73. The Kier molecular flexibility index (Phi) is 5.28. The molecule has 150 valence electrons. The molecule has 1 saturated heterocycles. The smallest absolute Gasteiger partial charge is 0.170 e. The Hall–Kier alpha value is -2.86. The summed E-state index contributed by atoms with van der Waals surface area (Å²) in [6.45, 7) is 5.03. The molecule has 2 unspecified atom stereocenters. The molecule has 0 radical (unpaired) electrons. The molecule has 6 heteroatoms. The number of pyridine rings is 1. The summed E-state index contributed by atoms with van der Waals surface area (Å²) >= 11 is 5.78. The van der Waals surface area contributed by atoms with Crippen LogP contribution < -0.4 is 10.1 Å². The minimum Gasteiger partial charge on any atom is -0.497 e. The van der Waals surface area contributed by atoms with Crippen molar-refractivity contribution in [3.05, 3.63) is 82.9 Å². The molecular weight excluding hydrogens is 380 g/mol. The molecule has 2 aromatic heterocycles. The molecule has 1 aliphatic rings. The number of ether oxygens (including phenoxy) is 1. The van der Waals surface area contributed by atoms with Crippen molar-refractivity contribution in [3.63, 3.8) is 0 Å². The van der Waals surface area contributed by atoms with Gasteiger partial charge in [0.2, 0.25) is 0 Å². The lowest BCUT2D eigenvalue weighted by Crippen LogP contribution is -2.29. The van der Waals surface area contributed by atoms with Crippen LogP contribution in [-0.4, -0.2) is 26.7 Å². The quantitative estimate of drug-likeness (QED) is 0.643. The zero-order valence-electron chi connectivity index (χ0n) is 17.2. The van der Waals surface area contributed by atoms with Crippen LogP contribution in [0.2, 0.25) is 0 Å². The van der Waals surface area contributed by atoms with E-state index in [0.29, 0.717) is 0 Å². The van der Waals surface area contributed by atoms with E-state index in [1.165, 1.54) is 22.5 Å². The van der Waals surface area contributed by atoms with Crippen LogP contribution in [0.4, 0.5) is 0 Å². The maximum Gasteiger partial charge on any atom is 0.170 e. The molecule has 0 amide bonds. The zero-order chi connectivity index (χ0) is 20.5. The van der Waals surface area contributed by atoms with E-state index in [1.807, 2.05) is 30.5 Å². The van der Waals surface area contributed by atoms with Crippen LogP contribution in [-0.2, 0) is 13.6 Å². The van der Waals surface area contributed by atoms with Gasteiger partial charge in [0.05, 0.1) is 24.9 Å². The van der Waals surface area contributed by atoms with E-state index < -0.39 is 0 Å². The van der Waals surface area contributed by atoms with Gasteiger partial charge >= 0.3 is 0 Å². The Morgan fingerprint density at radius 1 is 1.14 bits per heavy atom. The lowest BCUT2D eigenvalue weighted by molar-refractivity contribution is 0.309. The summed E-state index contributed by atoms with van der Waals surface area (Å²) in [5.74, 6) is 0.855. The lowest BCUT2D eigenvalue weighted by atomic mass is 9.96. The predicted molar refractivity (Wildman–Crippen MR) is 119 cm³/mol. The molecule has 4 rings (SSSR count). The molecule has 3 heterocycles. The molecule has 29 heavy (non-hydrogen) atoms. The van der Waals surface area contributed by atoms with Crippen LogP contribution in [0.3, 0.4) is 0 Å². The first kappa shape index (κ1) is 19.5. The average molecular weight is 407 g/mol. The third-order valence-electron chi connectivity index (χ3n) is 5.84. The van der Waals surface area contributed by atoms with Crippen molar-refractivity contribution >= 4 is 17.3 Å². The van der Waals surface area contributed by atoms with Gasteiger partial charge in [0.25, 0.3) is 0 Å². The van der Waals surface area contributed by atoms with Crippen LogP contribution in [0.5, 0.6) is 5.75 Å². The third kappa shape index (κ3) is 3.60. The van der Waals surface area contributed by atoms with Gasteiger partial charge in [0.1, 0.15) is 5.75 Å². The number of hydrogen-bond donors (Lipinski definition) is 1. The molecule has 0 bridgehead atoms. The van der Waals surface area contributed by atoms with Crippen LogP contribution in [0, 0.1) is 13.8 Å². The predicted octanol–water partition coefficient (Wildman–Crippen LogP) is 4.22. The fraction of sp³-hybridized carbons (Fsp3) is 0.304. The molecule has 1 N–H and O–H groups in total. The molecule has 1 aliphatic heterocycles. The highest BCUT2D eigenvalue weighted by Crippen LogP contribution is 2.41. The van der Waals surface area contributed by atoms with Crippen molar-refractivity contribution < 1.29 is 4.74 Å². The monoisotopic (exact) mass is 406 g/mol. The van der Waals surface area contributed by atoms with Crippen LogP contribution in [0.25, 0.3) is 0 Å². The first-order chi connectivity index (χ1) is 14.0. The minimum absolute atomic E-state index is 0.00227. The van der Waals surface area contributed by atoms with Gasteiger partial charge in [-0.25, -0.2) is 0 Å². The topological polar surface area (TPSA) is 42.3 Å². The second-order valence-electron chi connectivity index (χ2n) is 7.49. The van der Waals surface area contributed by atoms with E-state index in [1.54, 1.807) is 7.11 Å². The number of benzene rings is 1. The van der Waals surface area contributed by atoms with Gasteiger partial charge < -0.3 is 19.5 Å². The number of aromatic nitrogens is 2. The van der Waals surface area contributed by atoms with Crippen LogP contribution >= 0.6 is 12.2 Å². The molecule has 1 fully saturated rings. The van der Waals surface area contributed by atoms with Gasteiger partial charge in [-0.1, -0.05) is 18.2 Å². The number of nitrogens with one attached hydrogen (secondary N) is 1. The number of nitrogens with zero attached hydrogens (tertiary/aromatic N) is 3. The lowest BCUT2D eigenvalue weighted by Gasteiger charge is -2.28. The minimum atomic E-state index is 0.00227. The molecule has 1 aromatic carbocycles. The van der Waals surface area contributed by atoms with Crippen molar-refractivity contribution in [3.8, 4) is 5.75 Å². The fourth-order valence-corrected chi connectivity index (χ4v) is 4.33. The fourth-order valence-electron chi connectivity index (χ4n) is 4.03. The summed E-state index contributed by atoms with van der Waals surface area (Å²) in [5.41, 5.74) is 5.95. The Bertz CT molecular complexity index is 1010. The molecule has 2 atom stereocenters. The maximum atomic E-state index is 5.78. The van der Waals surface area contributed by atoms with Gasteiger partial charge in [-0.05, 0) is 67.5 Å². The normalized spacial score (nSPS) is 18.8. The molecular formula is C23H26N4OS. The molecule has 5 nitrogen and oxygen atoms in total. The van der Waals surface area contributed by atoms with Crippen LogP contribution in [0.15, 0.2) is 54.7 Å². The highest BCUT2D eigenvalue weighted by molar-refractivity contribution is 7.80. The number of methoxy groups -OCH3 is 1. The summed E-state index contributed by atoms with van der Waals surface area (Å²) < 4.78 is 7.53. The Morgan fingerprint density at radius 2 is 1.90 bits per heavy atom. The van der Waals surface area contributed by atoms with Crippen molar-refractivity contribution in [2.45, 2.75) is 32.5 Å². The van der Waals surface area contributed by atoms with E-state index in [2.05, 4.69) is 64.9 Å². The second-order valence-corrected chi connectivity index (χ2v) is 7.87. The SMILES string of the molecule is COc1ccc(CN2C(=S)NC(c3ccccn3)C2c2cc(C)n(C)c2C)cc1. The van der Waals surface area contributed by atoms with Gasteiger partial charge in [-0.3, -0.25) is 4.98 Å². The summed E-state index contributed by atoms with van der Waals surface area (Å²) in [4.78, 5) is 6.90. The number of rotatable bonds is 5. The Morgan fingerprint density at radius 3 is 2.48 bits per heavy atom. The Labute approximate surface area is 177 Å². The van der Waals surface area contributed by atoms with Crippen molar-refractivity contribution in [2.75, 3.05) is 7.11 Å². The first-order valence-corrected chi connectivity index (χ1v) is 10.1. The van der Waals surface area contributed by atoms with Gasteiger partial charge in [0.15, 0.2) is 5.11 Å². The van der Waals surface area contributed by atoms with E-state index in [-0.39, 0.29) is 12.1 Å². The van der Waals surface area contributed by atoms with E-state index in [9.17, 15) is 0 Å². The maximum absolute atomic E-state index is 5.78. The van der Waals surface area contributed by atoms with Crippen molar-refractivity contribution in [1.82, 2.24) is 19.8 Å². The molecule has 3 aromatic rings. The summed E-state index contributed by atoms with van der Waals surface area (Å²) in [6.07, 6.45) is 1.84. The zero-order valence-corrected chi connectivity index (χ0v) is 18.0. The number of thiocarbonyl (C=S) groups is 1. The van der Waals surface area contributed by atoms with E-state index >= 15 is 0 Å². The number of aryl methyl sites for hydroxylation is 1. The summed E-state index contributed by atoms with van der Waals surface area (Å²) in [5, 5.41) is 4.28. The second kappa shape index (κ2) is 7.87. The van der Waals surface area contributed by atoms with Gasteiger partial charge in [-0.15, -0.1) is 0 Å². The molecule has 0 aliphatic carbocycles. The highest BCUT2D eigenvalue weighted by Gasteiger charge is 2.41. The van der Waals surface area contributed by atoms with E-state index in [0.717, 1.165) is 23.1 Å². The standard InChI is InChI=1S/C23H26N4OS/c1-15-13-19(16(2)26(15)3)22-21(20-7-5-6-12-24-20)25-23(29)27(22)14-17-8-10-18(28-4)11-9-17/h5-13,21-22H,14H2,1-4H3,(H,25,29). The van der Waals surface area contributed by atoms with Gasteiger partial charge in [0, 0.05) is 31.2 Å². The summed E-state index contributed by atoms with van der Waals surface area (Å²) in [6, 6.07) is 16.5. The van der Waals surface area contributed by atoms with Crippen molar-refractivity contribution in [1.29, 1.82) is 0 Å². The van der Waals surface area contributed by atoms with E-state index in [4.69, 9.17) is 17.0 Å². The van der Waals surface area contributed by atoms with Gasteiger partial charge in [-0.2, -0.15) is 0 Å². The Balaban J connectivity index is 1.75. The van der Waals surface area contributed by atoms with Crippen LogP contribution in [0.1, 0.15) is 40.3 Å². The average Bonchev–Trinajstić information content (AvgIpc) is 3.20.